The van der Waals surface area contributed by atoms with Crippen molar-refractivity contribution in [3.63, 3.8) is 0 Å². The smallest absolute Gasteiger partial charge is 0.100 e. The maximum atomic E-state index is 13.1. The minimum absolute atomic E-state index is 0.0261. The van der Waals surface area contributed by atoms with Crippen LogP contribution in [0.3, 0.4) is 0 Å². The number of halogens is 1. The second-order valence-corrected chi connectivity index (χ2v) is 5.79. The Hall–Kier alpha value is -1.67. The van der Waals surface area contributed by atoms with E-state index in [0.29, 0.717) is 13.0 Å². The van der Waals surface area contributed by atoms with Crippen LogP contribution in [0.5, 0.6) is 0 Å². The molecule has 2 heteroatoms. The van der Waals surface area contributed by atoms with Crippen molar-refractivity contribution in [2.24, 2.45) is 0 Å². The molecule has 1 atom stereocenters. The van der Waals surface area contributed by atoms with E-state index in [1.54, 1.807) is 6.08 Å². The lowest BCUT2D eigenvalue weighted by molar-refractivity contribution is 0.0496. The Bertz CT molecular complexity index is 598. The number of benzene rings is 1. The van der Waals surface area contributed by atoms with Gasteiger partial charge >= 0.3 is 0 Å². The molecule has 1 unspecified atom stereocenters. The molecule has 1 aromatic carbocycles. The van der Waals surface area contributed by atoms with Crippen LogP contribution < -0.4 is 0 Å². The van der Waals surface area contributed by atoms with Gasteiger partial charge in [0.15, 0.2) is 0 Å². The predicted molar refractivity (Wildman–Crippen MR) is 83.7 cm³/mol. The highest BCUT2D eigenvalue weighted by molar-refractivity contribution is 5.36. The van der Waals surface area contributed by atoms with Gasteiger partial charge in [0, 0.05) is 12.8 Å². The van der Waals surface area contributed by atoms with Crippen molar-refractivity contribution in [2.45, 2.75) is 44.8 Å². The summed E-state index contributed by atoms with van der Waals surface area (Å²) in [7, 11) is 0. The molecule has 1 aliphatic heterocycles. The second kappa shape index (κ2) is 6.40. The Kier molecular flexibility index (Phi) is 4.35. The minimum Gasteiger partial charge on any atom is -0.369 e. The van der Waals surface area contributed by atoms with E-state index in [0.717, 1.165) is 25.7 Å². The van der Waals surface area contributed by atoms with Gasteiger partial charge in [-0.05, 0) is 47.6 Å². The van der Waals surface area contributed by atoms with Gasteiger partial charge in [-0.2, -0.15) is 0 Å². The molecular formula is C19H21FO. The van der Waals surface area contributed by atoms with Crippen LogP contribution in [0.15, 0.2) is 54.4 Å². The highest BCUT2D eigenvalue weighted by Gasteiger charge is 2.23. The van der Waals surface area contributed by atoms with Crippen molar-refractivity contribution in [1.29, 1.82) is 0 Å². The molecule has 2 aliphatic rings. The zero-order valence-electron chi connectivity index (χ0n) is 12.3. The number of hydrogen-bond donors (Lipinski definition) is 0. The van der Waals surface area contributed by atoms with Crippen molar-refractivity contribution in [1.82, 2.24) is 0 Å². The number of fused-ring (bicyclic) bond motifs is 1. The molecule has 1 aliphatic carbocycles. The van der Waals surface area contributed by atoms with Crippen molar-refractivity contribution in [2.75, 3.05) is 0 Å². The first-order chi connectivity index (χ1) is 10.3. The number of aryl methyl sites for hydroxylation is 1. The molecule has 3 rings (SSSR count). The highest BCUT2D eigenvalue weighted by Crippen LogP contribution is 2.30. The van der Waals surface area contributed by atoms with Gasteiger partial charge in [0.2, 0.25) is 0 Å². The normalized spacial score (nSPS) is 21.3. The molecular weight excluding hydrogens is 263 g/mol. The van der Waals surface area contributed by atoms with E-state index >= 15 is 0 Å². The van der Waals surface area contributed by atoms with Crippen LogP contribution in [-0.2, 0) is 24.2 Å². The quantitative estimate of drug-likeness (QED) is 0.720. The molecule has 0 fully saturated rings. The average Bonchev–Trinajstić information content (AvgIpc) is 2.53. The van der Waals surface area contributed by atoms with Crippen molar-refractivity contribution in [3.8, 4) is 0 Å². The molecule has 1 nitrogen and oxygen atoms in total. The Balaban J connectivity index is 1.72. The molecule has 1 aromatic rings. The average molecular weight is 284 g/mol. The number of allylic oxidation sites excluding steroid dienone is 4. The molecule has 0 amide bonds. The Labute approximate surface area is 125 Å². The second-order valence-electron chi connectivity index (χ2n) is 5.79. The number of hydrogen-bond acceptors (Lipinski definition) is 1. The first kappa shape index (κ1) is 14.3. The van der Waals surface area contributed by atoms with Crippen LogP contribution in [0.4, 0.5) is 4.39 Å². The molecule has 110 valence electrons. The van der Waals surface area contributed by atoms with Crippen LogP contribution in [-0.4, -0.2) is 6.10 Å². The first-order valence-corrected chi connectivity index (χ1v) is 7.64. The van der Waals surface area contributed by atoms with E-state index < -0.39 is 0 Å². The molecule has 21 heavy (non-hydrogen) atoms. The summed E-state index contributed by atoms with van der Waals surface area (Å²) in [6, 6.07) is 6.69. The van der Waals surface area contributed by atoms with E-state index in [4.69, 9.17) is 4.74 Å². The highest BCUT2D eigenvalue weighted by atomic mass is 19.1. The van der Waals surface area contributed by atoms with Gasteiger partial charge in [-0.1, -0.05) is 30.4 Å². The Morgan fingerprint density at radius 1 is 1.24 bits per heavy atom. The summed E-state index contributed by atoms with van der Waals surface area (Å²) < 4.78 is 19.1. The van der Waals surface area contributed by atoms with Gasteiger partial charge in [0.05, 0.1) is 12.7 Å². The first-order valence-electron chi connectivity index (χ1n) is 7.64. The molecule has 0 radical (unpaired) electrons. The van der Waals surface area contributed by atoms with Gasteiger partial charge < -0.3 is 4.74 Å². The lowest BCUT2D eigenvalue weighted by Crippen LogP contribution is -2.25. The molecule has 1 heterocycles. The fourth-order valence-electron chi connectivity index (χ4n) is 3.02. The van der Waals surface area contributed by atoms with Crippen molar-refractivity contribution in [3.05, 3.63) is 71.1 Å². The summed E-state index contributed by atoms with van der Waals surface area (Å²) in [6.07, 6.45) is 9.78. The molecule has 0 N–H and O–H groups in total. The molecule has 0 bridgehead atoms. The summed E-state index contributed by atoms with van der Waals surface area (Å²) in [4.78, 5) is 0. The van der Waals surface area contributed by atoms with Gasteiger partial charge in [0.1, 0.15) is 5.83 Å². The third kappa shape index (κ3) is 3.33. The van der Waals surface area contributed by atoms with Crippen LogP contribution in [0.1, 0.15) is 36.0 Å². The lowest BCUT2D eigenvalue weighted by atomic mass is 9.90. The van der Waals surface area contributed by atoms with Crippen LogP contribution >= 0.6 is 0 Å². The third-order valence-electron chi connectivity index (χ3n) is 4.30. The number of rotatable bonds is 4. The van der Waals surface area contributed by atoms with Crippen molar-refractivity contribution >= 4 is 0 Å². The van der Waals surface area contributed by atoms with E-state index in [2.05, 4.69) is 24.8 Å². The van der Waals surface area contributed by atoms with E-state index in [9.17, 15) is 4.39 Å². The molecule has 0 saturated carbocycles. The SMILES string of the molecule is C=CCCc1ccc2c(c1)COC(C1=CC=C(F)CC1)C2. The monoisotopic (exact) mass is 284 g/mol. The fraction of sp³-hybridized carbons (Fsp3) is 0.368. The van der Waals surface area contributed by atoms with Crippen LogP contribution in [0, 0.1) is 0 Å². The van der Waals surface area contributed by atoms with Gasteiger partial charge in [-0.25, -0.2) is 4.39 Å². The van der Waals surface area contributed by atoms with E-state index in [1.165, 1.54) is 22.3 Å². The third-order valence-corrected chi connectivity index (χ3v) is 4.30. The van der Waals surface area contributed by atoms with Crippen molar-refractivity contribution < 1.29 is 9.13 Å². The van der Waals surface area contributed by atoms with E-state index in [1.807, 2.05) is 12.2 Å². The Morgan fingerprint density at radius 3 is 2.90 bits per heavy atom. The lowest BCUT2D eigenvalue weighted by Gasteiger charge is -2.28. The zero-order valence-corrected chi connectivity index (χ0v) is 12.3. The zero-order chi connectivity index (χ0) is 14.7. The fourth-order valence-corrected chi connectivity index (χ4v) is 3.02. The number of ether oxygens (including phenoxy) is 1. The Morgan fingerprint density at radius 2 is 2.14 bits per heavy atom. The van der Waals surface area contributed by atoms with Crippen LogP contribution in [0.2, 0.25) is 0 Å². The summed E-state index contributed by atoms with van der Waals surface area (Å²) in [5.41, 5.74) is 5.23. The maximum absolute atomic E-state index is 13.1. The molecule has 0 aromatic heterocycles. The van der Waals surface area contributed by atoms with Gasteiger partial charge in [0.25, 0.3) is 0 Å². The predicted octanol–water partition coefficient (Wildman–Crippen LogP) is 4.82. The van der Waals surface area contributed by atoms with E-state index in [-0.39, 0.29) is 11.9 Å². The summed E-state index contributed by atoms with van der Waals surface area (Å²) in [6.45, 7) is 4.43. The largest absolute Gasteiger partial charge is 0.369 e. The van der Waals surface area contributed by atoms with Gasteiger partial charge in [-0.15, -0.1) is 6.58 Å². The minimum atomic E-state index is -0.0261. The summed E-state index contributed by atoms with van der Waals surface area (Å²) >= 11 is 0. The van der Waals surface area contributed by atoms with Gasteiger partial charge in [-0.3, -0.25) is 0 Å². The maximum Gasteiger partial charge on any atom is 0.100 e. The standard InChI is InChI=1S/C19H21FO/c1-2-3-4-14-5-6-16-12-19(21-13-17(16)11-14)15-7-9-18(20)10-8-15/h2,5-7,9,11,19H,1,3-4,8,10,12-13H2. The summed E-state index contributed by atoms with van der Waals surface area (Å²) in [5, 5.41) is 0. The topological polar surface area (TPSA) is 9.23 Å². The van der Waals surface area contributed by atoms with Crippen LogP contribution in [0.25, 0.3) is 0 Å². The summed E-state index contributed by atoms with van der Waals surface area (Å²) in [5.74, 6) is -0.0261. The molecule has 0 saturated heterocycles. The molecule has 0 spiro atoms.